The Morgan fingerprint density at radius 1 is 1.30 bits per heavy atom. The van der Waals surface area contributed by atoms with E-state index in [4.69, 9.17) is 10.5 Å². The lowest BCUT2D eigenvalue weighted by Gasteiger charge is -2.28. The minimum atomic E-state index is 0.480. The molecule has 108 valence electrons. The molecule has 4 nitrogen and oxygen atoms in total. The molecule has 0 spiro atoms. The maximum atomic E-state index is 6.18. The number of nitrogen functional groups attached to an aromatic ring is 1. The van der Waals surface area contributed by atoms with E-state index in [2.05, 4.69) is 22.5 Å². The first-order chi connectivity index (χ1) is 9.70. The number of ether oxygens (including phenoxy) is 1. The normalized spacial score (nSPS) is 23.1. The number of hydrogen-bond donors (Lipinski definition) is 1. The predicted molar refractivity (Wildman–Crippen MR) is 82.0 cm³/mol. The fourth-order valence-corrected chi connectivity index (χ4v) is 3.27. The number of rotatable bonds is 3. The predicted octanol–water partition coefficient (Wildman–Crippen LogP) is 3.77. The molecule has 1 aromatic carbocycles. The van der Waals surface area contributed by atoms with Crippen LogP contribution in [-0.4, -0.2) is 16.2 Å². The van der Waals surface area contributed by atoms with Crippen molar-refractivity contribution in [1.82, 2.24) is 9.55 Å². The van der Waals surface area contributed by atoms with Gasteiger partial charge in [0, 0.05) is 6.04 Å². The van der Waals surface area contributed by atoms with Gasteiger partial charge in [-0.3, -0.25) is 0 Å². The van der Waals surface area contributed by atoms with Crippen LogP contribution in [0.25, 0.3) is 11.0 Å². The van der Waals surface area contributed by atoms with Crippen molar-refractivity contribution in [3.63, 3.8) is 0 Å². The van der Waals surface area contributed by atoms with E-state index in [-0.39, 0.29) is 0 Å². The third-order valence-corrected chi connectivity index (χ3v) is 4.36. The van der Waals surface area contributed by atoms with Crippen LogP contribution in [0.5, 0.6) is 5.75 Å². The quantitative estimate of drug-likeness (QED) is 0.926. The van der Waals surface area contributed by atoms with Crippen molar-refractivity contribution >= 4 is 17.0 Å². The Bertz CT molecular complexity index is 597. The Morgan fingerprint density at radius 3 is 2.75 bits per heavy atom. The zero-order valence-electron chi connectivity index (χ0n) is 12.3. The molecular weight excluding hydrogens is 250 g/mol. The smallest absolute Gasteiger partial charge is 0.201 e. The number of imidazole rings is 1. The molecule has 1 aliphatic rings. The number of hydrogen-bond acceptors (Lipinski definition) is 3. The van der Waals surface area contributed by atoms with E-state index >= 15 is 0 Å². The highest BCUT2D eigenvalue weighted by Gasteiger charge is 2.24. The van der Waals surface area contributed by atoms with Gasteiger partial charge in [0.1, 0.15) is 11.3 Å². The van der Waals surface area contributed by atoms with E-state index in [1.807, 2.05) is 19.1 Å². The number of benzene rings is 1. The lowest BCUT2D eigenvalue weighted by atomic mass is 9.87. The van der Waals surface area contributed by atoms with Gasteiger partial charge in [0.05, 0.1) is 12.1 Å². The van der Waals surface area contributed by atoms with Crippen molar-refractivity contribution in [2.24, 2.45) is 5.92 Å². The number of anilines is 1. The third kappa shape index (κ3) is 2.23. The fraction of sp³-hybridized carbons (Fsp3) is 0.562. The molecule has 20 heavy (non-hydrogen) atoms. The Hall–Kier alpha value is -1.71. The summed E-state index contributed by atoms with van der Waals surface area (Å²) in [5.74, 6) is 2.28. The second-order valence-electron chi connectivity index (χ2n) is 5.81. The fourth-order valence-electron chi connectivity index (χ4n) is 3.27. The molecule has 1 saturated carbocycles. The number of nitrogens with zero attached hydrogens (tertiary/aromatic N) is 2. The van der Waals surface area contributed by atoms with Crippen LogP contribution in [0, 0.1) is 5.92 Å². The SMILES string of the molecule is CCOc1cccc2c1nc(N)n2C1CCC(C)CC1. The molecule has 1 fully saturated rings. The van der Waals surface area contributed by atoms with Gasteiger partial charge in [0.2, 0.25) is 5.95 Å². The molecule has 0 aliphatic heterocycles. The highest BCUT2D eigenvalue weighted by atomic mass is 16.5. The van der Waals surface area contributed by atoms with Crippen LogP contribution in [0.15, 0.2) is 18.2 Å². The monoisotopic (exact) mass is 273 g/mol. The molecule has 0 saturated heterocycles. The zero-order chi connectivity index (χ0) is 14.1. The van der Waals surface area contributed by atoms with Gasteiger partial charge in [-0.1, -0.05) is 13.0 Å². The molecule has 2 aromatic rings. The standard InChI is InChI=1S/C16H23N3O/c1-3-20-14-6-4-5-13-15(14)18-16(17)19(13)12-9-7-11(2)8-10-12/h4-6,11-12H,3,7-10H2,1-2H3,(H2,17,18). The van der Waals surface area contributed by atoms with Gasteiger partial charge in [-0.15, -0.1) is 0 Å². The molecule has 1 aromatic heterocycles. The molecule has 2 N–H and O–H groups in total. The van der Waals surface area contributed by atoms with Crippen molar-refractivity contribution in [2.45, 2.75) is 45.6 Å². The molecular formula is C16H23N3O. The van der Waals surface area contributed by atoms with Crippen LogP contribution >= 0.6 is 0 Å². The summed E-state index contributed by atoms with van der Waals surface area (Å²) in [7, 11) is 0. The maximum Gasteiger partial charge on any atom is 0.201 e. The van der Waals surface area contributed by atoms with Gasteiger partial charge in [0.25, 0.3) is 0 Å². The molecule has 1 aliphatic carbocycles. The van der Waals surface area contributed by atoms with Crippen LogP contribution in [0.4, 0.5) is 5.95 Å². The Labute approximate surface area is 119 Å². The molecule has 0 atom stereocenters. The van der Waals surface area contributed by atoms with Crippen molar-refractivity contribution < 1.29 is 4.74 Å². The van der Waals surface area contributed by atoms with Gasteiger partial charge in [-0.2, -0.15) is 0 Å². The summed E-state index contributed by atoms with van der Waals surface area (Å²) < 4.78 is 7.87. The van der Waals surface area contributed by atoms with Crippen molar-refractivity contribution in [1.29, 1.82) is 0 Å². The third-order valence-electron chi connectivity index (χ3n) is 4.36. The summed E-state index contributed by atoms with van der Waals surface area (Å²) in [5, 5.41) is 0. The number of fused-ring (bicyclic) bond motifs is 1. The van der Waals surface area contributed by atoms with Gasteiger partial charge in [0.15, 0.2) is 0 Å². The minimum Gasteiger partial charge on any atom is -0.492 e. The zero-order valence-corrected chi connectivity index (χ0v) is 12.3. The van der Waals surface area contributed by atoms with E-state index < -0.39 is 0 Å². The first kappa shape index (κ1) is 13.3. The topological polar surface area (TPSA) is 53.1 Å². The van der Waals surface area contributed by atoms with Crippen LogP contribution in [0.3, 0.4) is 0 Å². The number of aromatic nitrogens is 2. The second-order valence-corrected chi connectivity index (χ2v) is 5.81. The van der Waals surface area contributed by atoms with E-state index in [1.165, 1.54) is 25.7 Å². The van der Waals surface area contributed by atoms with Crippen molar-refractivity contribution in [3.05, 3.63) is 18.2 Å². The average Bonchev–Trinajstić information content (AvgIpc) is 2.78. The van der Waals surface area contributed by atoms with E-state index in [1.54, 1.807) is 0 Å². The highest BCUT2D eigenvalue weighted by Crippen LogP contribution is 2.37. The number of para-hydroxylation sites is 1. The van der Waals surface area contributed by atoms with Crippen LogP contribution in [0.1, 0.15) is 45.6 Å². The molecule has 0 radical (unpaired) electrons. The van der Waals surface area contributed by atoms with Crippen molar-refractivity contribution in [3.8, 4) is 5.75 Å². The Morgan fingerprint density at radius 2 is 2.05 bits per heavy atom. The lowest BCUT2D eigenvalue weighted by Crippen LogP contribution is -2.18. The molecule has 0 amide bonds. The summed E-state index contributed by atoms with van der Waals surface area (Å²) in [6, 6.07) is 6.56. The summed E-state index contributed by atoms with van der Waals surface area (Å²) in [6.07, 6.45) is 4.93. The van der Waals surface area contributed by atoms with E-state index in [0.29, 0.717) is 18.6 Å². The average molecular weight is 273 g/mol. The summed E-state index contributed by atoms with van der Waals surface area (Å²) in [5.41, 5.74) is 8.18. The van der Waals surface area contributed by atoms with E-state index in [0.717, 1.165) is 22.7 Å². The van der Waals surface area contributed by atoms with Gasteiger partial charge < -0.3 is 15.0 Å². The maximum absolute atomic E-state index is 6.18. The Kier molecular flexibility index (Phi) is 3.55. The Balaban J connectivity index is 2.02. The summed E-state index contributed by atoms with van der Waals surface area (Å²) in [4.78, 5) is 4.54. The first-order valence-corrected chi connectivity index (χ1v) is 7.60. The highest BCUT2D eigenvalue weighted by molar-refractivity contribution is 5.84. The van der Waals surface area contributed by atoms with Crippen LogP contribution in [-0.2, 0) is 0 Å². The van der Waals surface area contributed by atoms with Crippen LogP contribution < -0.4 is 10.5 Å². The molecule has 3 rings (SSSR count). The minimum absolute atomic E-state index is 0.480. The van der Waals surface area contributed by atoms with Gasteiger partial charge in [-0.05, 0) is 50.7 Å². The summed E-state index contributed by atoms with van der Waals surface area (Å²) >= 11 is 0. The summed E-state index contributed by atoms with van der Waals surface area (Å²) in [6.45, 7) is 4.97. The molecule has 0 bridgehead atoms. The lowest BCUT2D eigenvalue weighted by molar-refractivity contribution is 0.296. The second kappa shape index (κ2) is 5.35. The molecule has 1 heterocycles. The van der Waals surface area contributed by atoms with Crippen LogP contribution in [0.2, 0.25) is 0 Å². The van der Waals surface area contributed by atoms with Gasteiger partial charge in [-0.25, -0.2) is 4.98 Å². The first-order valence-electron chi connectivity index (χ1n) is 7.60. The molecule has 4 heteroatoms. The number of nitrogens with two attached hydrogens (primary N) is 1. The van der Waals surface area contributed by atoms with E-state index in [9.17, 15) is 0 Å². The largest absolute Gasteiger partial charge is 0.492 e. The van der Waals surface area contributed by atoms with Crippen molar-refractivity contribution in [2.75, 3.05) is 12.3 Å². The molecule has 0 unspecified atom stereocenters. The van der Waals surface area contributed by atoms with Gasteiger partial charge >= 0.3 is 0 Å².